The summed E-state index contributed by atoms with van der Waals surface area (Å²) in [5.74, 6) is 0.306. The lowest BCUT2D eigenvalue weighted by Gasteiger charge is -2.20. The minimum Gasteiger partial charge on any atom is -0.491 e. The first-order chi connectivity index (χ1) is 12.2. The first kappa shape index (κ1) is 19.9. The largest absolute Gasteiger partial charge is 0.491 e. The fraction of sp³-hybridized carbons (Fsp3) is 0.429. The molecule has 1 amide bonds. The van der Waals surface area contributed by atoms with Crippen molar-refractivity contribution in [2.75, 3.05) is 6.61 Å². The van der Waals surface area contributed by atoms with Crippen LogP contribution >= 0.6 is 0 Å². The normalized spacial score (nSPS) is 12.5. The van der Waals surface area contributed by atoms with Gasteiger partial charge in [0.05, 0.1) is 12.2 Å². The number of hydrogen-bond donors (Lipinski definition) is 1. The van der Waals surface area contributed by atoms with Crippen LogP contribution in [0.5, 0.6) is 5.75 Å². The average molecular weight is 358 g/mol. The first-order valence-electron chi connectivity index (χ1n) is 8.86. The molecule has 0 bridgehead atoms. The molecule has 140 valence electrons. The summed E-state index contributed by atoms with van der Waals surface area (Å²) in [4.78, 5) is 15.8. The minimum atomic E-state index is -0.387. The van der Waals surface area contributed by atoms with Gasteiger partial charge in [0.1, 0.15) is 18.2 Å². The van der Waals surface area contributed by atoms with Crippen LogP contribution in [0.3, 0.4) is 0 Å². The van der Waals surface area contributed by atoms with Crippen molar-refractivity contribution in [2.45, 2.75) is 52.0 Å². The van der Waals surface area contributed by atoms with Crippen LogP contribution in [0.1, 0.15) is 45.2 Å². The number of carbonyl (C=O) groups is 1. The predicted molar refractivity (Wildman–Crippen MR) is 101 cm³/mol. The van der Waals surface area contributed by atoms with Gasteiger partial charge in [0.15, 0.2) is 0 Å². The zero-order valence-electron chi connectivity index (χ0n) is 15.9. The smallest absolute Gasteiger partial charge is 0.220 e. The number of benzene rings is 1. The summed E-state index contributed by atoms with van der Waals surface area (Å²) >= 11 is 0. The molecular weight excluding hydrogens is 331 g/mol. The number of hydrogen-bond acceptors (Lipinski definition) is 3. The highest BCUT2D eigenvalue weighted by atomic mass is 19.1. The second kappa shape index (κ2) is 8.79. The number of carbonyl (C=O) groups excluding carboxylic acids is 1. The number of rotatable bonds is 7. The van der Waals surface area contributed by atoms with Crippen LogP contribution in [-0.2, 0) is 16.6 Å². The van der Waals surface area contributed by atoms with Gasteiger partial charge in [-0.3, -0.25) is 9.78 Å². The third kappa shape index (κ3) is 6.47. The number of nitrogens with zero attached hydrogens (tertiary/aromatic N) is 1. The molecule has 0 saturated carbocycles. The van der Waals surface area contributed by atoms with E-state index in [0.717, 1.165) is 11.9 Å². The number of pyridine rings is 1. The Morgan fingerprint density at radius 3 is 2.54 bits per heavy atom. The number of ether oxygens (including phenoxy) is 1. The van der Waals surface area contributed by atoms with E-state index in [2.05, 4.69) is 43.2 Å². The van der Waals surface area contributed by atoms with Crippen molar-refractivity contribution in [1.29, 1.82) is 0 Å². The second-order valence-electron chi connectivity index (χ2n) is 7.57. The monoisotopic (exact) mass is 358 g/mol. The van der Waals surface area contributed by atoms with E-state index in [4.69, 9.17) is 4.74 Å². The molecule has 0 saturated heterocycles. The van der Waals surface area contributed by atoms with Gasteiger partial charge in [-0.25, -0.2) is 4.39 Å². The summed E-state index contributed by atoms with van der Waals surface area (Å²) in [6, 6.07) is 9.30. The molecule has 0 radical (unpaired) electrons. The summed E-state index contributed by atoms with van der Waals surface area (Å²) in [6.07, 6.45) is 3.47. The second-order valence-corrected chi connectivity index (χ2v) is 7.57. The van der Waals surface area contributed by atoms with Gasteiger partial charge < -0.3 is 10.1 Å². The fourth-order valence-corrected chi connectivity index (χ4v) is 2.51. The highest BCUT2D eigenvalue weighted by Crippen LogP contribution is 2.24. The standard InChI is InChI=1S/C21H27FN2O2/c1-15(14-26-19-8-6-17(7-9-19)21(2,3)4)24-20(25)10-5-16-11-18(22)13-23-12-16/h6-9,11-13,15H,5,10,14H2,1-4H3,(H,24,25). The van der Waals surface area contributed by atoms with E-state index in [0.29, 0.717) is 18.6 Å². The van der Waals surface area contributed by atoms with Crippen LogP contribution in [0.4, 0.5) is 4.39 Å². The van der Waals surface area contributed by atoms with Crippen LogP contribution in [0.15, 0.2) is 42.7 Å². The zero-order chi connectivity index (χ0) is 19.2. The molecule has 0 aliphatic heterocycles. The topological polar surface area (TPSA) is 51.2 Å². The molecule has 4 nitrogen and oxygen atoms in total. The van der Waals surface area contributed by atoms with Crippen molar-refractivity contribution in [3.63, 3.8) is 0 Å². The van der Waals surface area contributed by atoms with Crippen molar-refractivity contribution in [1.82, 2.24) is 10.3 Å². The molecule has 2 rings (SSSR count). The summed E-state index contributed by atoms with van der Waals surface area (Å²) in [5.41, 5.74) is 2.07. The summed E-state index contributed by atoms with van der Waals surface area (Å²) < 4.78 is 18.8. The third-order valence-electron chi connectivity index (χ3n) is 4.03. The van der Waals surface area contributed by atoms with E-state index in [9.17, 15) is 9.18 Å². The molecule has 0 aliphatic rings. The highest BCUT2D eigenvalue weighted by Gasteiger charge is 2.13. The Balaban J connectivity index is 1.74. The first-order valence-corrected chi connectivity index (χ1v) is 8.86. The molecule has 0 fully saturated rings. The van der Waals surface area contributed by atoms with Crippen LogP contribution in [-0.4, -0.2) is 23.5 Å². The summed E-state index contributed by atoms with van der Waals surface area (Å²) in [5, 5.41) is 2.89. The Bertz CT molecular complexity index is 724. The van der Waals surface area contributed by atoms with Gasteiger partial charge in [0.2, 0.25) is 5.91 Å². The summed E-state index contributed by atoms with van der Waals surface area (Å²) in [7, 11) is 0. The van der Waals surface area contributed by atoms with Gasteiger partial charge in [0.25, 0.3) is 0 Å². The van der Waals surface area contributed by atoms with Gasteiger partial charge in [-0.05, 0) is 48.1 Å². The quantitative estimate of drug-likeness (QED) is 0.813. The van der Waals surface area contributed by atoms with E-state index in [1.54, 1.807) is 6.20 Å². The number of amides is 1. The molecule has 1 N–H and O–H groups in total. The van der Waals surface area contributed by atoms with Gasteiger partial charge >= 0.3 is 0 Å². The van der Waals surface area contributed by atoms with Crippen molar-refractivity contribution < 1.29 is 13.9 Å². The lowest BCUT2D eigenvalue weighted by molar-refractivity contribution is -0.121. The van der Waals surface area contributed by atoms with Crippen molar-refractivity contribution in [3.05, 3.63) is 59.7 Å². The maximum absolute atomic E-state index is 13.1. The van der Waals surface area contributed by atoms with Crippen LogP contribution < -0.4 is 10.1 Å². The number of halogens is 1. The Kier molecular flexibility index (Phi) is 6.72. The van der Waals surface area contributed by atoms with Crippen LogP contribution in [0.2, 0.25) is 0 Å². The Morgan fingerprint density at radius 1 is 1.23 bits per heavy atom. The van der Waals surface area contributed by atoms with E-state index in [-0.39, 0.29) is 29.6 Å². The maximum Gasteiger partial charge on any atom is 0.220 e. The zero-order valence-corrected chi connectivity index (χ0v) is 15.9. The molecule has 1 heterocycles. The van der Waals surface area contributed by atoms with Gasteiger partial charge in [-0.1, -0.05) is 32.9 Å². The molecule has 1 unspecified atom stereocenters. The van der Waals surface area contributed by atoms with Gasteiger partial charge in [-0.2, -0.15) is 0 Å². The Hall–Kier alpha value is -2.43. The lowest BCUT2D eigenvalue weighted by Crippen LogP contribution is -2.36. The molecule has 0 spiro atoms. The third-order valence-corrected chi connectivity index (χ3v) is 4.03. The number of nitrogens with one attached hydrogen (secondary N) is 1. The van der Waals surface area contributed by atoms with Crippen LogP contribution in [0.25, 0.3) is 0 Å². The van der Waals surface area contributed by atoms with Crippen molar-refractivity contribution in [2.24, 2.45) is 0 Å². The van der Waals surface area contributed by atoms with E-state index >= 15 is 0 Å². The predicted octanol–water partition coefficient (Wildman–Crippen LogP) is 4.03. The molecule has 1 aromatic carbocycles. The minimum absolute atomic E-state index is 0.0894. The highest BCUT2D eigenvalue weighted by molar-refractivity contribution is 5.76. The molecule has 1 aromatic heterocycles. The molecular formula is C21H27FN2O2. The summed E-state index contributed by atoms with van der Waals surface area (Å²) in [6.45, 7) is 8.79. The average Bonchev–Trinajstić information content (AvgIpc) is 2.58. The number of aryl methyl sites for hydroxylation is 1. The van der Waals surface area contributed by atoms with E-state index < -0.39 is 0 Å². The SMILES string of the molecule is CC(COc1ccc(C(C)(C)C)cc1)NC(=O)CCc1cncc(F)c1. The molecule has 0 aliphatic carbocycles. The molecule has 5 heteroatoms. The lowest BCUT2D eigenvalue weighted by atomic mass is 9.87. The Labute approximate surface area is 154 Å². The van der Waals surface area contributed by atoms with E-state index in [1.165, 1.54) is 11.6 Å². The fourth-order valence-electron chi connectivity index (χ4n) is 2.51. The number of aromatic nitrogens is 1. The molecule has 26 heavy (non-hydrogen) atoms. The van der Waals surface area contributed by atoms with Crippen molar-refractivity contribution in [3.8, 4) is 5.75 Å². The van der Waals surface area contributed by atoms with Gasteiger partial charge in [0, 0.05) is 12.6 Å². The molecule has 1 atom stereocenters. The Morgan fingerprint density at radius 2 is 1.92 bits per heavy atom. The maximum atomic E-state index is 13.1. The van der Waals surface area contributed by atoms with E-state index in [1.807, 2.05) is 19.1 Å². The van der Waals surface area contributed by atoms with Crippen LogP contribution in [0, 0.1) is 5.82 Å². The molecule has 2 aromatic rings. The van der Waals surface area contributed by atoms with Gasteiger partial charge in [-0.15, -0.1) is 0 Å². The van der Waals surface area contributed by atoms with Crippen molar-refractivity contribution >= 4 is 5.91 Å².